The maximum absolute atomic E-state index is 13.9. The molecular formula is C25H25ClN4O4S. The van der Waals surface area contributed by atoms with Crippen LogP contribution in [0.5, 0.6) is 5.75 Å². The highest BCUT2D eigenvalue weighted by Gasteiger charge is 2.25. The zero-order valence-corrected chi connectivity index (χ0v) is 21.0. The van der Waals surface area contributed by atoms with Crippen LogP contribution in [0.3, 0.4) is 0 Å². The van der Waals surface area contributed by atoms with E-state index in [1.807, 2.05) is 16.4 Å². The fraction of sp³-hybridized carbons (Fsp3) is 0.320. The quantitative estimate of drug-likeness (QED) is 0.383. The molecule has 1 unspecified atom stereocenters. The number of benzene rings is 2. The molecule has 0 saturated carbocycles. The Morgan fingerprint density at radius 2 is 1.86 bits per heavy atom. The van der Waals surface area contributed by atoms with Crippen molar-refractivity contribution in [2.24, 2.45) is 5.92 Å². The highest BCUT2D eigenvalue weighted by molar-refractivity contribution is 7.81. The van der Waals surface area contributed by atoms with Crippen LogP contribution in [0.25, 0.3) is 27.5 Å². The fourth-order valence-electron chi connectivity index (χ4n) is 4.84. The molecule has 0 spiro atoms. The molecule has 1 saturated heterocycles. The predicted octanol–water partition coefficient (Wildman–Crippen LogP) is 3.37. The van der Waals surface area contributed by atoms with Crippen LogP contribution in [-0.2, 0) is 17.5 Å². The standard InChI is InChI=1S/C25H25ClN4O4S/c1-34-21-8-4-7-19-22(21)27-14-20-23(19)29(15-16-9-11-28(12-10-16)35(2)33)25(32)30(24(20)31)18-6-3-5-17(26)13-18/h3-8,13-14,16H,9-12,15H2,1-2H3. The molecule has 1 fully saturated rings. The van der Waals surface area contributed by atoms with Crippen LogP contribution in [-0.4, -0.2) is 49.1 Å². The van der Waals surface area contributed by atoms with E-state index in [0.717, 1.165) is 17.4 Å². The molecule has 2 aromatic heterocycles. The van der Waals surface area contributed by atoms with Gasteiger partial charge in [0.15, 0.2) is 0 Å². The minimum Gasteiger partial charge on any atom is -0.494 e. The number of ether oxygens (including phenoxy) is 1. The van der Waals surface area contributed by atoms with Crippen molar-refractivity contribution < 1.29 is 8.95 Å². The third kappa shape index (κ3) is 4.28. The highest BCUT2D eigenvalue weighted by atomic mass is 35.5. The lowest BCUT2D eigenvalue weighted by Gasteiger charge is -2.30. The molecule has 10 heteroatoms. The first-order valence-electron chi connectivity index (χ1n) is 11.3. The average Bonchev–Trinajstić information content (AvgIpc) is 2.86. The highest BCUT2D eigenvalue weighted by Crippen LogP contribution is 2.29. The summed E-state index contributed by atoms with van der Waals surface area (Å²) in [5, 5.41) is 1.46. The molecular weight excluding hydrogens is 488 g/mol. The summed E-state index contributed by atoms with van der Waals surface area (Å²) in [6.45, 7) is 1.83. The van der Waals surface area contributed by atoms with Gasteiger partial charge in [0.05, 0.1) is 34.7 Å². The molecule has 1 aliphatic rings. The Labute approximate surface area is 209 Å². The first-order chi connectivity index (χ1) is 16.9. The third-order valence-corrected chi connectivity index (χ3v) is 7.95. The summed E-state index contributed by atoms with van der Waals surface area (Å²) in [6, 6.07) is 12.2. The van der Waals surface area contributed by atoms with Gasteiger partial charge in [-0.1, -0.05) is 29.8 Å². The first-order valence-corrected chi connectivity index (χ1v) is 13.2. The molecule has 4 aromatic rings. The number of fused-ring (bicyclic) bond motifs is 3. The van der Waals surface area contributed by atoms with Crippen LogP contribution < -0.4 is 16.0 Å². The van der Waals surface area contributed by atoms with Gasteiger partial charge in [-0.3, -0.25) is 14.3 Å². The van der Waals surface area contributed by atoms with E-state index in [2.05, 4.69) is 4.98 Å². The zero-order valence-electron chi connectivity index (χ0n) is 19.4. The second kappa shape index (κ2) is 9.56. The summed E-state index contributed by atoms with van der Waals surface area (Å²) < 4.78 is 22.2. The minimum atomic E-state index is -1.01. The van der Waals surface area contributed by atoms with Crippen molar-refractivity contribution in [1.82, 2.24) is 18.4 Å². The van der Waals surface area contributed by atoms with E-state index >= 15 is 0 Å². The average molecular weight is 513 g/mol. The summed E-state index contributed by atoms with van der Waals surface area (Å²) in [5.74, 6) is 0.760. The summed E-state index contributed by atoms with van der Waals surface area (Å²) in [6.07, 6.45) is 4.81. The normalized spacial score (nSPS) is 16.1. The van der Waals surface area contributed by atoms with Crippen LogP contribution >= 0.6 is 11.6 Å². The molecule has 1 aliphatic heterocycles. The Hall–Kier alpha value is -3.01. The van der Waals surface area contributed by atoms with E-state index in [0.29, 0.717) is 57.9 Å². The van der Waals surface area contributed by atoms with Gasteiger partial charge in [0.2, 0.25) is 0 Å². The molecule has 3 heterocycles. The van der Waals surface area contributed by atoms with Gasteiger partial charge in [-0.25, -0.2) is 17.9 Å². The second-order valence-corrected chi connectivity index (χ2v) is 10.5. The smallest absolute Gasteiger partial charge is 0.336 e. The molecule has 0 amide bonds. The molecule has 8 nitrogen and oxygen atoms in total. The Kier molecular flexibility index (Phi) is 6.48. The largest absolute Gasteiger partial charge is 0.494 e. The number of aromatic nitrogens is 3. The summed E-state index contributed by atoms with van der Waals surface area (Å²) in [7, 11) is 0.554. The van der Waals surface area contributed by atoms with E-state index in [9.17, 15) is 13.8 Å². The Bertz CT molecular complexity index is 1570. The zero-order chi connectivity index (χ0) is 24.7. The van der Waals surface area contributed by atoms with Crippen LogP contribution in [0, 0.1) is 5.92 Å². The number of nitrogens with zero attached hydrogens (tertiary/aromatic N) is 4. The van der Waals surface area contributed by atoms with Crippen molar-refractivity contribution in [3.05, 3.63) is 74.5 Å². The van der Waals surface area contributed by atoms with Gasteiger partial charge >= 0.3 is 5.69 Å². The maximum atomic E-state index is 13.9. The van der Waals surface area contributed by atoms with Gasteiger partial charge in [-0.15, -0.1) is 0 Å². The van der Waals surface area contributed by atoms with E-state index in [4.69, 9.17) is 16.3 Å². The molecule has 0 N–H and O–H groups in total. The van der Waals surface area contributed by atoms with Crippen LogP contribution in [0.15, 0.2) is 58.3 Å². The van der Waals surface area contributed by atoms with Crippen LogP contribution in [0.1, 0.15) is 12.8 Å². The molecule has 5 rings (SSSR count). The van der Waals surface area contributed by atoms with Crippen molar-refractivity contribution in [3.63, 3.8) is 0 Å². The Morgan fingerprint density at radius 3 is 2.54 bits per heavy atom. The number of hydrogen-bond donors (Lipinski definition) is 0. The molecule has 0 radical (unpaired) electrons. The SMILES string of the molecule is COc1cccc2c1ncc1c(=O)n(-c3cccc(Cl)c3)c(=O)n(CC3CCN(S(C)=O)CC3)c12. The fourth-order valence-corrected chi connectivity index (χ4v) is 5.75. The van der Waals surface area contributed by atoms with Gasteiger partial charge in [-0.2, -0.15) is 0 Å². The minimum absolute atomic E-state index is 0.190. The second-order valence-electron chi connectivity index (χ2n) is 8.69. The molecule has 2 aromatic carbocycles. The van der Waals surface area contributed by atoms with Crippen molar-refractivity contribution >= 4 is 44.4 Å². The Balaban J connectivity index is 1.76. The number of rotatable bonds is 5. The Morgan fingerprint density at radius 1 is 1.11 bits per heavy atom. The van der Waals surface area contributed by atoms with Gasteiger partial charge in [-0.05, 0) is 43.0 Å². The molecule has 35 heavy (non-hydrogen) atoms. The predicted molar refractivity (Wildman–Crippen MR) is 139 cm³/mol. The molecule has 182 valence electrons. The maximum Gasteiger partial charge on any atom is 0.336 e. The van der Waals surface area contributed by atoms with Crippen molar-refractivity contribution in [1.29, 1.82) is 0 Å². The lowest BCUT2D eigenvalue weighted by molar-refractivity contribution is 0.260. The summed E-state index contributed by atoms with van der Waals surface area (Å²) >= 11 is 6.18. The summed E-state index contributed by atoms with van der Waals surface area (Å²) in [4.78, 5) is 32.1. The number of halogens is 1. The van der Waals surface area contributed by atoms with Gasteiger partial charge in [0.1, 0.15) is 11.3 Å². The van der Waals surface area contributed by atoms with Crippen molar-refractivity contribution in [3.8, 4) is 11.4 Å². The lowest BCUT2D eigenvalue weighted by Crippen LogP contribution is -2.42. The lowest BCUT2D eigenvalue weighted by atomic mass is 9.97. The number of methoxy groups -OCH3 is 1. The van der Waals surface area contributed by atoms with Crippen LogP contribution in [0.2, 0.25) is 5.02 Å². The number of pyridine rings is 1. The molecule has 0 aliphatic carbocycles. The van der Waals surface area contributed by atoms with Gasteiger partial charge < -0.3 is 4.74 Å². The monoisotopic (exact) mass is 512 g/mol. The van der Waals surface area contributed by atoms with Crippen molar-refractivity contribution in [2.75, 3.05) is 26.5 Å². The van der Waals surface area contributed by atoms with E-state index in [1.165, 1.54) is 6.20 Å². The number of piperidine rings is 1. The van der Waals surface area contributed by atoms with E-state index < -0.39 is 22.2 Å². The molecule has 1 atom stereocenters. The number of para-hydroxylation sites is 1. The first kappa shape index (κ1) is 23.7. The van der Waals surface area contributed by atoms with Crippen LogP contribution in [0.4, 0.5) is 0 Å². The third-order valence-electron chi connectivity index (χ3n) is 6.62. The van der Waals surface area contributed by atoms with Gasteiger partial charge in [0, 0.05) is 42.5 Å². The number of hydrogen-bond acceptors (Lipinski definition) is 5. The van der Waals surface area contributed by atoms with E-state index in [1.54, 1.807) is 48.3 Å². The van der Waals surface area contributed by atoms with Gasteiger partial charge in [0.25, 0.3) is 5.56 Å². The van der Waals surface area contributed by atoms with Crippen molar-refractivity contribution in [2.45, 2.75) is 19.4 Å². The molecule has 0 bridgehead atoms. The topological polar surface area (TPSA) is 86.4 Å². The van der Waals surface area contributed by atoms with E-state index in [-0.39, 0.29) is 5.92 Å². The summed E-state index contributed by atoms with van der Waals surface area (Å²) in [5.41, 5.74) is 0.666.